The van der Waals surface area contributed by atoms with Crippen LogP contribution in [0.1, 0.15) is 39.7 Å². The molecule has 2 rings (SSSR count). The molecule has 0 saturated carbocycles. The van der Waals surface area contributed by atoms with Gasteiger partial charge in [-0.25, -0.2) is 0 Å². The minimum absolute atomic E-state index is 0.590. The first kappa shape index (κ1) is 16.8. The lowest BCUT2D eigenvalue weighted by Gasteiger charge is -2.42. The number of hydrogen-bond donors (Lipinski definition) is 1. The fourth-order valence-electron chi connectivity index (χ4n) is 3.17. The van der Waals surface area contributed by atoms with Crippen molar-refractivity contribution in [3.05, 3.63) is 34.9 Å². The van der Waals surface area contributed by atoms with Crippen molar-refractivity contribution in [2.75, 3.05) is 13.1 Å². The van der Waals surface area contributed by atoms with Crippen molar-refractivity contribution in [3.63, 3.8) is 0 Å². The van der Waals surface area contributed by atoms with Gasteiger partial charge in [0.15, 0.2) is 0 Å². The van der Waals surface area contributed by atoms with E-state index in [1.54, 1.807) is 0 Å². The van der Waals surface area contributed by atoms with E-state index < -0.39 is 0 Å². The third-order valence-corrected chi connectivity index (χ3v) is 4.62. The number of rotatable bonds is 5. The third-order valence-electron chi connectivity index (χ3n) is 4.39. The van der Waals surface area contributed by atoms with E-state index >= 15 is 0 Å². The number of hydrogen-bond acceptors (Lipinski definition) is 2. The highest BCUT2D eigenvalue weighted by Gasteiger charge is 2.29. The number of nitrogens with zero attached hydrogens (tertiary/aromatic N) is 1. The van der Waals surface area contributed by atoms with Crippen LogP contribution < -0.4 is 5.32 Å². The highest BCUT2D eigenvalue weighted by molar-refractivity contribution is 6.30. The molecule has 0 aromatic heterocycles. The van der Waals surface area contributed by atoms with Crippen LogP contribution in [0.5, 0.6) is 0 Å². The van der Waals surface area contributed by atoms with E-state index in [-0.39, 0.29) is 0 Å². The topological polar surface area (TPSA) is 15.3 Å². The zero-order valence-corrected chi connectivity index (χ0v) is 14.5. The molecule has 3 heteroatoms. The van der Waals surface area contributed by atoms with Crippen LogP contribution in [0.3, 0.4) is 0 Å². The first-order chi connectivity index (χ1) is 9.95. The van der Waals surface area contributed by atoms with E-state index in [2.05, 4.69) is 56.1 Å². The van der Waals surface area contributed by atoms with Gasteiger partial charge in [-0.05, 0) is 36.0 Å². The zero-order chi connectivity index (χ0) is 15.4. The second-order valence-electron chi connectivity index (χ2n) is 7.10. The Balaban J connectivity index is 2.08. The molecule has 0 radical (unpaired) electrons. The Bertz CT molecular complexity index is 445. The first-order valence-electron chi connectivity index (χ1n) is 8.17. The summed E-state index contributed by atoms with van der Waals surface area (Å²) in [6.45, 7) is 12.5. The summed E-state index contributed by atoms with van der Waals surface area (Å²) < 4.78 is 0. The van der Waals surface area contributed by atoms with Crippen molar-refractivity contribution in [1.29, 1.82) is 0 Å². The number of benzene rings is 1. The zero-order valence-electron chi connectivity index (χ0n) is 13.8. The second kappa shape index (κ2) is 7.62. The molecule has 1 aliphatic heterocycles. The summed E-state index contributed by atoms with van der Waals surface area (Å²) >= 11 is 6.13. The van der Waals surface area contributed by atoms with E-state index in [0.29, 0.717) is 18.0 Å². The number of nitrogens with one attached hydrogen (secondary N) is 1. The molecule has 1 aromatic carbocycles. The lowest BCUT2D eigenvalue weighted by atomic mass is 9.94. The Kier molecular flexibility index (Phi) is 6.09. The fraction of sp³-hybridized carbons (Fsp3) is 0.667. The van der Waals surface area contributed by atoms with Crippen LogP contribution in [0.4, 0.5) is 0 Å². The lowest BCUT2D eigenvalue weighted by molar-refractivity contribution is 0.0924. The first-order valence-corrected chi connectivity index (χ1v) is 8.55. The number of piperazine rings is 1. The molecule has 2 nitrogen and oxygen atoms in total. The van der Waals surface area contributed by atoms with Gasteiger partial charge in [0.25, 0.3) is 0 Å². The average Bonchev–Trinajstić information content (AvgIpc) is 2.40. The van der Waals surface area contributed by atoms with Crippen molar-refractivity contribution < 1.29 is 0 Å². The third kappa shape index (κ3) is 4.98. The van der Waals surface area contributed by atoms with Gasteiger partial charge >= 0.3 is 0 Å². The van der Waals surface area contributed by atoms with Gasteiger partial charge in [0.05, 0.1) is 0 Å². The average molecular weight is 309 g/mol. The number of halogens is 1. The van der Waals surface area contributed by atoms with Crippen LogP contribution in [0, 0.1) is 11.8 Å². The maximum atomic E-state index is 6.13. The van der Waals surface area contributed by atoms with Gasteiger partial charge in [-0.2, -0.15) is 0 Å². The van der Waals surface area contributed by atoms with E-state index in [9.17, 15) is 0 Å². The Morgan fingerprint density at radius 1 is 1.29 bits per heavy atom. The molecule has 21 heavy (non-hydrogen) atoms. The summed E-state index contributed by atoms with van der Waals surface area (Å²) in [6.07, 6.45) is 1.25. The minimum Gasteiger partial charge on any atom is -0.311 e. The molecular weight excluding hydrogens is 280 g/mol. The quantitative estimate of drug-likeness (QED) is 0.877. The summed E-state index contributed by atoms with van der Waals surface area (Å²) in [4.78, 5) is 2.65. The largest absolute Gasteiger partial charge is 0.311 e. The minimum atomic E-state index is 0.590. The van der Waals surface area contributed by atoms with E-state index in [0.717, 1.165) is 30.6 Å². The highest BCUT2D eigenvalue weighted by Crippen LogP contribution is 2.21. The van der Waals surface area contributed by atoms with Crippen LogP contribution in [-0.2, 0) is 6.54 Å². The standard InChI is InChI=1S/C18H29ClN2/c1-13(2)8-17-10-20-18(14(3)4)12-21(17)11-15-6-5-7-16(19)9-15/h5-7,9,13-14,17-18,20H,8,10-12H2,1-4H3. The molecule has 1 fully saturated rings. The molecule has 1 N–H and O–H groups in total. The van der Waals surface area contributed by atoms with E-state index in [1.165, 1.54) is 12.0 Å². The predicted molar refractivity (Wildman–Crippen MR) is 91.7 cm³/mol. The lowest BCUT2D eigenvalue weighted by Crippen LogP contribution is -2.57. The summed E-state index contributed by atoms with van der Waals surface area (Å²) in [5.74, 6) is 1.40. The predicted octanol–water partition coefficient (Wildman–Crippen LogP) is 4.18. The Labute approximate surface area is 134 Å². The monoisotopic (exact) mass is 308 g/mol. The maximum absolute atomic E-state index is 6.13. The van der Waals surface area contributed by atoms with Gasteiger partial charge in [-0.15, -0.1) is 0 Å². The molecule has 0 aliphatic carbocycles. The van der Waals surface area contributed by atoms with Crippen LogP contribution in [0.25, 0.3) is 0 Å². The van der Waals surface area contributed by atoms with Gasteiger partial charge in [-0.1, -0.05) is 51.4 Å². The van der Waals surface area contributed by atoms with Gasteiger partial charge in [0, 0.05) is 36.7 Å². The van der Waals surface area contributed by atoms with Crippen molar-refractivity contribution in [1.82, 2.24) is 10.2 Å². The van der Waals surface area contributed by atoms with Crippen molar-refractivity contribution in [2.45, 2.75) is 52.7 Å². The Morgan fingerprint density at radius 3 is 2.67 bits per heavy atom. The van der Waals surface area contributed by atoms with Crippen LogP contribution in [0.2, 0.25) is 5.02 Å². The highest BCUT2D eigenvalue weighted by atomic mass is 35.5. The van der Waals surface area contributed by atoms with Gasteiger partial charge < -0.3 is 5.32 Å². The summed E-state index contributed by atoms with van der Waals surface area (Å²) in [6, 6.07) is 9.50. The second-order valence-corrected chi connectivity index (χ2v) is 7.54. The SMILES string of the molecule is CC(C)CC1CNC(C(C)C)CN1Cc1cccc(Cl)c1. The Morgan fingerprint density at radius 2 is 2.05 bits per heavy atom. The molecule has 2 unspecified atom stereocenters. The van der Waals surface area contributed by atoms with Gasteiger partial charge in [0.1, 0.15) is 0 Å². The molecule has 1 heterocycles. The maximum Gasteiger partial charge on any atom is 0.0409 e. The molecular formula is C18H29ClN2. The molecule has 1 aromatic rings. The van der Waals surface area contributed by atoms with Crippen LogP contribution >= 0.6 is 11.6 Å². The molecule has 0 spiro atoms. The van der Waals surface area contributed by atoms with Crippen molar-refractivity contribution >= 4 is 11.6 Å². The summed E-state index contributed by atoms with van der Waals surface area (Å²) in [5, 5.41) is 4.57. The van der Waals surface area contributed by atoms with Gasteiger partial charge in [-0.3, -0.25) is 4.90 Å². The molecule has 0 bridgehead atoms. The smallest absolute Gasteiger partial charge is 0.0409 e. The fourth-order valence-corrected chi connectivity index (χ4v) is 3.38. The van der Waals surface area contributed by atoms with Crippen molar-refractivity contribution in [2.24, 2.45) is 11.8 Å². The molecule has 1 aliphatic rings. The molecule has 2 atom stereocenters. The van der Waals surface area contributed by atoms with E-state index in [1.807, 2.05) is 6.07 Å². The molecule has 118 valence electrons. The Hall–Kier alpha value is -0.570. The van der Waals surface area contributed by atoms with Crippen LogP contribution in [-0.4, -0.2) is 30.1 Å². The summed E-state index contributed by atoms with van der Waals surface area (Å²) in [7, 11) is 0. The van der Waals surface area contributed by atoms with Gasteiger partial charge in [0.2, 0.25) is 0 Å². The van der Waals surface area contributed by atoms with E-state index in [4.69, 9.17) is 11.6 Å². The molecule has 1 saturated heterocycles. The van der Waals surface area contributed by atoms with Crippen LogP contribution in [0.15, 0.2) is 24.3 Å². The normalized spacial score (nSPS) is 24.0. The van der Waals surface area contributed by atoms with Crippen molar-refractivity contribution in [3.8, 4) is 0 Å². The molecule has 0 amide bonds. The summed E-state index contributed by atoms with van der Waals surface area (Å²) in [5.41, 5.74) is 1.32.